The van der Waals surface area contributed by atoms with E-state index < -0.39 is 17.2 Å². The maximum Gasteiger partial charge on any atom is 0.259 e. The summed E-state index contributed by atoms with van der Waals surface area (Å²) >= 11 is 0. The van der Waals surface area contributed by atoms with E-state index in [4.69, 9.17) is 10.1 Å². The minimum Gasteiger partial charge on any atom is -0.377 e. The lowest BCUT2D eigenvalue weighted by Gasteiger charge is -2.35. The van der Waals surface area contributed by atoms with Crippen LogP contribution < -0.4 is 15.8 Å². The van der Waals surface area contributed by atoms with E-state index in [1.165, 1.54) is 18.3 Å². The number of aromatic nitrogens is 1. The molecule has 4 rings (SSSR count). The predicted molar refractivity (Wildman–Crippen MR) is 117 cm³/mol. The van der Waals surface area contributed by atoms with Crippen molar-refractivity contribution in [1.29, 1.82) is 5.41 Å². The van der Waals surface area contributed by atoms with Crippen molar-refractivity contribution < 1.29 is 13.5 Å². The molecule has 8 heteroatoms. The van der Waals surface area contributed by atoms with Gasteiger partial charge in [-0.2, -0.15) is 0 Å². The fourth-order valence-corrected chi connectivity index (χ4v) is 3.66. The van der Waals surface area contributed by atoms with Crippen molar-refractivity contribution in [3.63, 3.8) is 0 Å². The minimum absolute atomic E-state index is 0.00218. The number of morpholine rings is 1. The molecule has 0 aliphatic carbocycles. The highest BCUT2D eigenvalue weighted by Crippen LogP contribution is 2.26. The van der Waals surface area contributed by atoms with E-state index in [0.717, 1.165) is 24.4 Å². The largest absolute Gasteiger partial charge is 0.377 e. The third kappa shape index (κ3) is 4.20. The van der Waals surface area contributed by atoms with E-state index in [1.54, 1.807) is 12.1 Å². The van der Waals surface area contributed by atoms with Crippen molar-refractivity contribution in [2.24, 2.45) is 0 Å². The molecule has 0 radical (unpaired) electrons. The van der Waals surface area contributed by atoms with Crippen molar-refractivity contribution in [2.45, 2.75) is 13.0 Å². The van der Waals surface area contributed by atoms with Crippen molar-refractivity contribution in [3.8, 4) is 0 Å². The molecule has 0 spiro atoms. The van der Waals surface area contributed by atoms with Gasteiger partial charge in [0.05, 0.1) is 30.2 Å². The number of anilines is 3. The van der Waals surface area contributed by atoms with Gasteiger partial charge in [-0.3, -0.25) is 10.2 Å². The fraction of sp³-hybridized carbons (Fsp3) is 0.217. The second kappa shape index (κ2) is 8.69. The number of nitrogens with one attached hydrogen (secondary N) is 3. The molecular weight excluding hydrogens is 402 g/mol. The quantitative estimate of drug-likeness (QED) is 0.540. The summed E-state index contributed by atoms with van der Waals surface area (Å²) in [6, 6.07) is 12.5. The van der Waals surface area contributed by atoms with Crippen LogP contribution in [-0.4, -0.2) is 36.5 Å². The number of rotatable bonds is 5. The van der Waals surface area contributed by atoms with Crippen LogP contribution in [0.2, 0.25) is 0 Å². The number of halogens is 2. The van der Waals surface area contributed by atoms with Crippen LogP contribution in [0.5, 0.6) is 0 Å². The van der Waals surface area contributed by atoms with E-state index in [1.807, 2.05) is 12.1 Å². The molecule has 1 aliphatic rings. The van der Waals surface area contributed by atoms with Gasteiger partial charge in [-0.1, -0.05) is 18.2 Å². The highest BCUT2D eigenvalue weighted by molar-refractivity contribution is 6.14. The first kappa shape index (κ1) is 20.7. The molecule has 1 saturated heterocycles. The van der Waals surface area contributed by atoms with Crippen LogP contribution in [0.15, 0.2) is 59.5 Å². The molecule has 160 valence electrons. The van der Waals surface area contributed by atoms with E-state index >= 15 is 0 Å². The van der Waals surface area contributed by atoms with Gasteiger partial charge in [0.25, 0.3) is 5.56 Å². The third-order valence-corrected chi connectivity index (χ3v) is 5.29. The number of H-pyrrole nitrogens is 1. The van der Waals surface area contributed by atoms with Crippen molar-refractivity contribution in [3.05, 3.63) is 87.8 Å². The van der Waals surface area contributed by atoms with E-state index in [9.17, 15) is 13.6 Å². The monoisotopic (exact) mass is 424 g/mol. The SMILES string of the molecule is C[C@H]1COCCN1c1ccc(C(=N)c2c(Nc3c(F)cccc3F)cc[nH]c2=O)cc1. The van der Waals surface area contributed by atoms with Gasteiger partial charge in [0, 0.05) is 30.0 Å². The van der Waals surface area contributed by atoms with Crippen LogP contribution >= 0.6 is 0 Å². The number of hydrogen-bond donors (Lipinski definition) is 3. The standard InChI is InChI=1S/C23H22F2N4O2/c1-14-13-31-12-11-29(14)16-7-5-15(6-8-16)21(26)20-19(9-10-27-23(20)30)28-22-17(24)3-2-4-18(22)25/h2-10,14,26H,11-13H2,1H3,(H2,27,28,30)/t14-/m0/s1. The summed E-state index contributed by atoms with van der Waals surface area (Å²) in [5.41, 5.74) is 0.694. The first-order valence-corrected chi connectivity index (χ1v) is 9.92. The molecule has 6 nitrogen and oxygen atoms in total. The zero-order chi connectivity index (χ0) is 22.0. The highest BCUT2D eigenvalue weighted by atomic mass is 19.1. The Kier molecular flexibility index (Phi) is 5.81. The summed E-state index contributed by atoms with van der Waals surface area (Å²) in [6.45, 7) is 4.17. The summed E-state index contributed by atoms with van der Waals surface area (Å²) in [7, 11) is 0. The van der Waals surface area contributed by atoms with Gasteiger partial charge in [0.2, 0.25) is 0 Å². The molecule has 3 N–H and O–H groups in total. The Morgan fingerprint density at radius 2 is 1.87 bits per heavy atom. The zero-order valence-electron chi connectivity index (χ0n) is 16.9. The topological polar surface area (TPSA) is 81.2 Å². The Hall–Kier alpha value is -3.52. The molecule has 1 aliphatic heterocycles. The number of para-hydroxylation sites is 1. The predicted octanol–water partition coefficient (Wildman–Crippen LogP) is 4.04. The van der Waals surface area contributed by atoms with Crippen LogP contribution in [0.4, 0.5) is 25.8 Å². The summed E-state index contributed by atoms with van der Waals surface area (Å²) in [4.78, 5) is 17.3. The van der Waals surface area contributed by atoms with Crippen molar-refractivity contribution >= 4 is 22.8 Å². The first-order chi connectivity index (χ1) is 15.0. The van der Waals surface area contributed by atoms with Crippen LogP contribution in [0.25, 0.3) is 0 Å². The molecule has 2 aromatic carbocycles. The summed E-state index contributed by atoms with van der Waals surface area (Å²) in [5.74, 6) is -1.58. The van der Waals surface area contributed by atoms with Crippen LogP contribution in [0, 0.1) is 17.0 Å². The molecule has 3 aromatic rings. The van der Waals surface area contributed by atoms with Gasteiger partial charge in [-0.05, 0) is 37.3 Å². The third-order valence-electron chi connectivity index (χ3n) is 5.29. The second-order valence-electron chi connectivity index (χ2n) is 7.36. The summed E-state index contributed by atoms with van der Waals surface area (Å²) < 4.78 is 33.7. The van der Waals surface area contributed by atoms with Crippen LogP contribution in [-0.2, 0) is 4.74 Å². The number of aromatic amines is 1. The van der Waals surface area contributed by atoms with Gasteiger partial charge >= 0.3 is 0 Å². The molecule has 0 unspecified atom stereocenters. The Morgan fingerprint density at radius 3 is 2.55 bits per heavy atom. The molecule has 1 aromatic heterocycles. The molecule has 0 saturated carbocycles. The Morgan fingerprint density at radius 1 is 1.16 bits per heavy atom. The molecule has 31 heavy (non-hydrogen) atoms. The Labute approximate surface area is 178 Å². The van der Waals surface area contributed by atoms with E-state index in [-0.39, 0.29) is 28.7 Å². The number of hydrogen-bond acceptors (Lipinski definition) is 5. The minimum atomic E-state index is -0.790. The number of nitrogens with zero attached hydrogens (tertiary/aromatic N) is 1. The maximum absolute atomic E-state index is 14.1. The van der Waals surface area contributed by atoms with Crippen LogP contribution in [0.1, 0.15) is 18.1 Å². The van der Waals surface area contributed by atoms with Gasteiger partial charge in [0.1, 0.15) is 17.3 Å². The molecule has 1 fully saturated rings. The maximum atomic E-state index is 14.1. The lowest BCUT2D eigenvalue weighted by molar-refractivity contribution is 0.0989. The molecule has 0 amide bonds. The Balaban J connectivity index is 1.65. The molecule has 1 atom stereocenters. The molecule has 0 bridgehead atoms. The number of pyridine rings is 1. The van der Waals surface area contributed by atoms with Gasteiger partial charge < -0.3 is 19.9 Å². The van der Waals surface area contributed by atoms with Gasteiger partial charge in [-0.15, -0.1) is 0 Å². The smallest absolute Gasteiger partial charge is 0.259 e. The lowest BCUT2D eigenvalue weighted by Crippen LogP contribution is -2.43. The first-order valence-electron chi connectivity index (χ1n) is 9.92. The van der Waals surface area contributed by atoms with E-state index in [0.29, 0.717) is 18.8 Å². The lowest BCUT2D eigenvalue weighted by atomic mass is 10.0. The summed E-state index contributed by atoms with van der Waals surface area (Å²) in [6.07, 6.45) is 1.36. The Bertz CT molecular complexity index is 1140. The average molecular weight is 424 g/mol. The molecule has 2 heterocycles. The van der Waals surface area contributed by atoms with E-state index in [2.05, 4.69) is 22.1 Å². The fourth-order valence-electron chi connectivity index (χ4n) is 3.66. The second-order valence-corrected chi connectivity index (χ2v) is 7.36. The highest BCUT2D eigenvalue weighted by Gasteiger charge is 2.20. The zero-order valence-corrected chi connectivity index (χ0v) is 16.9. The normalized spacial score (nSPS) is 16.2. The van der Waals surface area contributed by atoms with Gasteiger partial charge in [0.15, 0.2) is 0 Å². The van der Waals surface area contributed by atoms with Crippen LogP contribution in [0.3, 0.4) is 0 Å². The summed E-state index contributed by atoms with van der Waals surface area (Å²) in [5, 5.41) is 11.2. The van der Waals surface area contributed by atoms with Crippen molar-refractivity contribution in [1.82, 2.24) is 4.98 Å². The van der Waals surface area contributed by atoms with Crippen molar-refractivity contribution in [2.75, 3.05) is 30.0 Å². The van der Waals surface area contributed by atoms with Gasteiger partial charge in [-0.25, -0.2) is 8.78 Å². The number of ether oxygens (including phenoxy) is 1. The molecular formula is C23H22F2N4O2. The average Bonchev–Trinajstić information content (AvgIpc) is 2.77. The number of benzene rings is 2.